The Labute approximate surface area is 112 Å². The monoisotopic (exact) mass is 277 g/mol. The summed E-state index contributed by atoms with van der Waals surface area (Å²) in [4.78, 5) is 0.232. The lowest BCUT2D eigenvalue weighted by atomic mass is 10.2. The number of sulfone groups is 1. The fraction of sp³-hybridized carbons (Fsp3) is 0.143. The molecule has 19 heavy (non-hydrogen) atoms. The highest BCUT2D eigenvalue weighted by Crippen LogP contribution is 2.24. The molecule has 0 aliphatic heterocycles. The number of rotatable bonds is 3. The third kappa shape index (κ3) is 2.88. The van der Waals surface area contributed by atoms with Crippen LogP contribution < -0.4 is 5.73 Å². The van der Waals surface area contributed by atoms with Crippen LogP contribution in [-0.4, -0.2) is 13.5 Å². The summed E-state index contributed by atoms with van der Waals surface area (Å²) in [5.74, 6) is -0.108. The molecule has 0 saturated heterocycles. The predicted molar refractivity (Wildman–Crippen MR) is 74.6 cm³/mol. The second kappa shape index (κ2) is 4.93. The van der Waals surface area contributed by atoms with Gasteiger partial charge < -0.3 is 10.8 Å². The molecular formula is C14H15NO3S. The summed E-state index contributed by atoms with van der Waals surface area (Å²) in [6, 6.07) is 11.1. The Morgan fingerprint density at radius 1 is 1.16 bits per heavy atom. The molecule has 0 bridgehead atoms. The van der Waals surface area contributed by atoms with Gasteiger partial charge in [-0.2, -0.15) is 0 Å². The molecule has 4 nitrogen and oxygen atoms in total. The highest BCUT2D eigenvalue weighted by molar-refractivity contribution is 7.90. The van der Waals surface area contributed by atoms with E-state index in [1.165, 1.54) is 12.1 Å². The van der Waals surface area contributed by atoms with Crippen LogP contribution >= 0.6 is 0 Å². The van der Waals surface area contributed by atoms with Crippen LogP contribution in [0.3, 0.4) is 0 Å². The van der Waals surface area contributed by atoms with Crippen LogP contribution in [0.25, 0.3) is 0 Å². The fourth-order valence-corrected chi connectivity index (χ4v) is 3.56. The number of benzene rings is 2. The number of hydrogen-bond donors (Lipinski definition) is 2. The molecule has 0 aliphatic rings. The molecule has 0 fully saturated rings. The Bertz CT molecular complexity index is 708. The van der Waals surface area contributed by atoms with Gasteiger partial charge in [0.1, 0.15) is 5.75 Å². The van der Waals surface area contributed by atoms with E-state index in [2.05, 4.69) is 0 Å². The molecule has 0 atom stereocenters. The van der Waals surface area contributed by atoms with E-state index in [1.807, 2.05) is 0 Å². The quantitative estimate of drug-likeness (QED) is 0.843. The van der Waals surface area contributed by atoms with E-state index in [-0.39, 0.29) is 16.4 Å². The van der Waals surface area contributed by atoms with Crippen molar-refractivity contribution < 1.29 is 13.5 Å². The number of anilines is 1. The van der Waals surface area contributed by atoms with E-state index in [4.69, 9.17) is 5.73 Å². The Balaban J connectivity index is 2.41. The molecule has 0 saturated carbocycles. The first-order chi connectivity index (χ1) is 8.90. The predicted octanol–water partition coefficient (Wildman–Crippen LogP) is 2.26. The Kier molecular flexibility index (Phi) is 3.48. The molecule has 100 valence electrons. The Morgan fingerprint density at radius 2 is 1.84 bits per heavy atom. The molecular weight excluding hydrogens is 262 g/mol. The number of nitrogen functional groups attached to an aromatic ring is 1. The van der Waals surface area contributed by atoms with Crippen LogP contribution in [0.2, 0.25) is 0 Å². The molecule has 2 aromatic rings. The molecule has 0 amide bonds. The number of phenols is 1. The molecule has 0 aliphatic carbocycles. The normalized spacial score (nSPS) is 11.4. The summed E-state index contributed by atoms with van der Waals surface area (Å²) in [6.07, 6.45) is 0. The van der Waals surface area contributed by atoms with E-state index in [1.54, 1.807) is 37.3 Å². The topological polar surface area (TPSA) is 80.4 Å². The SMILES string of the molecule is Cc1c(N)cccc1S(=O)(=O)Cc1cccc(O)c1. The smallest absolute Gasteiger partial charge is 0.182 e. The van der Waals surface area contributed by atoms with Crippen LogP contribution in [0.4, 0.5) is 5.69 Å². The average Bonchev–Trinajstić information content (AvgIpc) is 2.32. The molecule has 0 heterocycles. The zero-order chi connectivity index (χ0) is 14.0. The summed E-state index contributed by atoms with van der Waals surface area (Å²) in [6.45, 7) is 1.69. The van der Waals surface area contributed by atoms with Crippen LogP contribution in [-0.2, 0) is 15.6 Å². The summed E-state index contributed by atoms with van der Waals surface area (Å²) in [7, 11) is -3.47. The van der Waals surface area contributed by atoms with Gasteiger partial charge in [-0.1, -0.05) is 18.2 Å². The summed E-state index contributed by atoms with van der Waals surface area (Å²) in [5.41, 5.74) is 7.29. The van der Waals surface area contributed by atoms with Crippen LogP contribution in [0, 0.1) is 6.92 Å². The fourth-order valence-electron chi connectivity index (χ4n) is 1.91. The first-order valence-electron chi connectivity index (χ1n) is 5.76. The number of nitrogens with two attached hydrogens (primary N) is 1. The largest absolute Gasteiger partial charge is 0.508 e. The molecule has 0 spiro atoms. The zero-order valence-electron chi connectivity index (χ0n) is 10.5. The second-order valence-electron chi connectivity index (χ2n) is 4.40. The Morgan fingerprint density at radius 3 is 2.53 bits per heavy atom. The minimum Gasteiger partial charge on any atom is -0.508 e. The third-order valence-electron chi connectivity index (χ3n) is 2.93. The maximum absolute atomic E-state index is 12.3. The molecule has 2 aromatic carbocycles. The summed E-state index contributed by atoms with van der Waals surface area (Å²) < 4.78 is 24.7. The third-order valence-corrected chi connectivity index (χ3v) is 4.75. The lowest BCUT2D eigenvalue weighted by molar-refractivity contribution is 0.475. The summed E-state index contributed by atoms with van der Waals surface area (Å²) in [5, 5.41) is 9.36. The van der Waals surface area contributed by atoms with Gasteiger partial charge in [0, 0.05) is 5.69 Å². The van der Waals surface area contributed by atoms with Gasteiger partial charge in [0.05, 0.1) is 10.6 Å². The van der Waals surface area contributed by atoms with Gasteiger partial charge in [0.25, 0.3) is 0 Å². The van der Waals surface area contributed by atoms with Gasteiger partial charge in [-0.3, -0.25) is 0 Å². The van der Waals surface area contributed by atoms with Crippen LogP contribution in [0.1, 0.15) is 11.1 Å². The van der Waals surface area contributed by atoms with Gasteiger partial charge in [-0.25, -0.2) is 8.42 Å². The minimum absolute atomic E-state index is 0.0528. The number of aromatic hydroxyl groups is 1. The lowest BCUT2D eigenvalue weighted by Crippen LogP contribution is -2.08. The molecule has 2 rings (SSSR count). The van der Waals surface area contributed by atoms with Crippen molar-refractivity contribution in [3.8, 4) is 5.75 Å². The molecule has 3 N–H and O–H groups in total. The van der Waals surface area contributed by atoms with Crippen molar-refractivity contribution >= 4 is 15.5 Å². The molecule has 0 aromatic heterocycles. The number of hydrogen-bond acceptors (Lipinski definition) is 4. The van der Waals surface area contributed by atoms with Gasteiger partial charge in [-0.15, -0.1) is 0 Å². The Hall–Kier alpha value is -2.01. The van der Waals surface area contributed by atoms with Crippen LogP contribution in [0.15, 0.2) is 47.4 Å². The van der Waals surface area contributed by atoms with Gasteiger partial charge in [-0.05, 0) is 42.3 Å². The van der Waals surface area contributed by atoms with E-state index in [9.17, 15) is 13.5 Å². The standard InChI is InChI=1S/C14H15NO3S/c1-10-13(15)6-3-7-14(10)19(17,18)9-11-4-2-5-12(16)8-11/h2-8,16H,9,15H2,1H3. The van der Waals surface area contributed by atoms with E-state index in [0.29, 0.717) is 16.8 Å². The highest BCUT2D eigenvalue weighted by atomic mass is 32.2. The highest BCUT2D eigenvalue weighted by Gasteiger charge is 2.18. The van der Waals surface area contributed by atoms with Crippen molar-refractivity contribution in [1.29, 1.82) is 0 Å². The molecule has 0 unspecified atom stereocenters. The van der Waals surface area contributed by atoms with Crippen molar-refractivity contribution in [2.45, 2.75) is 17.6 Å². The number of phenolic OH excluding ortho intramolecular Hbond substituents is 1. The van der Waals surface area contributed by atoms with Crippen molar-refractivity contribution in [2.75, 3.05) is 5.73 Å². The second-order valence-corrected chi connectivity index (χ2v) is 6.36. The van der Waals surface area contributed by atoms with E-state index >= 15 is 0 Å². The van der Waals surface area contributed by atoms with Gasteiger partial charge in [0.2, 0.25) is 0 Å². The van der Waals surface area contributed by atoms with Gasteiger partial charge >= 0.3 is 0 Å². The lowest BCUT2D eigenvalue weighted by Gasteiger charge is -2.09. The van der Waals surface area contributed by atoms with Crippen molar-refractivity contribution in [1.82, 2.24) is 0 Å². The average molecular weight is 277 g/mol. The van der Waals surface area contributed by atoms with Crippen LogP contribution in [0.5, 0.6) is 5.75 Å². The molecule has 0 radical (unpaired) electrons. The first-order valence-corrected chi connectivity index (χ1v) is 7.41. The minimum atomic E-state index is -3.47. The van der Waals surface area contributed by atoms with Gasteiger partial charge in [0.15, 0.2) is 9.84 Å². The summed E-state index contributed by atoms with van der Waals surface area (Å²) >= 11 is 0. The molecule has 5 heteroatoms. The maximum Gasteiger partial charge on any atom is 0.182 e. The maximum atomic E-state index is 12.3. The van der Waals surface area contributed by atoms with E-state index < -0.39 is 9.84 Å². The first kappa shape index (κ1) is 13.4. The van der Waals surface area contributed by atoms with Crippen molar-refractivity contribution in [2.24, 2.45) is 0 Å². The van der Waals surface area contributed by atoms with Crippen molar-refractivity contribution in [3.63, 3.8) is 0 Å². The van der Waals surface area contributed by atoms with Crippen molar-refractivity contribution in [3.05, 3.63) is 53.6 Å². The zero-order valence-corrected chi connectivity index (χ0v) is 11.3. The van der Waals surface area contributed by atoms with E-state index in [0.717, 1.165) is 0 Å².